The van der Waals surface area contributed by atoms with Crippen LogP contribution >= 0.6 is 0 Å². The molecule has 1 aliphatic heterocycles. The van der Waals surface area contributed by atoms with Gasteiger partial charge in [0.25, 0.3) is 10.2 Å². The van der Waals surface area contributed by atoms with E-state index in [1.165, 1.54) is 22.7 Å². The van der Waals surface area contributed by atoms with Crippen molar-refractivity contribution in [3.05, 3.63) is 35.9 Å². The molecule has 0 bridgehead atoms. The Labute approximate surface area is 151 Å². The monoisotopic (exact) mass is 367 g/mol. The molecule has 1 saturated heterocycles. The molecule has 0 saturated carbocycles. The molecule has 25 heavy (non-hydrogen) atoms. The van der Waals surface area contributed by atoms with Gasteiger partial charge in [0, 0.05) is 39.6 Å². The molecule has 1 aromatic rings. The maximum absolute atomic E-state index is 13.0. The molecule has 1 aromatic carbocycles. The van der Waals surface area contributed by atoms with E-state index in [0.717, 1.165) is 5.56 Å². The summed E-state index contributed by atoms with van der Waals surface area (Å²) in [5, 5.41) is 0. The molecule has 0 spiro atoms. The highest BCUT2D eigenvalue weighted by Gasteiger charge is 2.34. The number of hydrogen-bond acceptors (Lipinski definition) is 3. The smallest absolute Gasteiger partial charge is 0.281 e. The van der Waals surface area contributed by atoms with E-state index in [1.54, 1.807) is 0 Å². The average Bonchev–Trinajstić information content (AvgIpc) is 2.62. The van der Waals surface area contributed by atoms with Gasteiger partial charge in [0.2, 0.25) is 5.91 Å². The van der Waals surface area contributed by atoms with Crippen molar-refractivity contribution in [1.29, 1.82) is 0 Å². The van der Waals surface area contributed by atoms with E-state index < -0.39 is 10.2 Å². The Morgan fingerprint density at radius 1 is 1.20 bits per heavy atom. The normalized spacial score (nSPS) is 18.3. The van der Waals surface area contributed by atoms with Gasteiger partial charge in [-0.1, -0.05) is 30.3 Å². The number of piperidine rings is 1. The van der Waals surface area contributed by atoms with Gasteiger partial charge in [0.05, 0.1) is 6.04 Å². The summed E-state index contributed by atoms with van der Waals surface area (Å²) in [6, 6.07) is 10.0. The molecule has 0 aromatic heterocycles. The Bertz CT molecular complexity index is 668. The highest BCUT2D eigenvalue weighted by atomic mass is 32.2. The molecule has 1 atom stereocenters. The molecule has 2 rings (SSSR count). The fourth-order valence-electron chi connectivity index (χ4n) is 3.33. The first-order valence-corrected chi connectivity index (χ1v) is 10.2. The Morgan fingerprint density at radius 3 is 2.24 bits per heavy atom. The summed E-state index contributed by atoms with van der Waals surface area (Å²) in [4.78, 5) is 14.9. The second kappa shape index (κ2) is 8.29. The number of rotatable bonds is 6. The van der Waals surface area contributed by atoms with E-state index >= 15 is 0 Å². The number of nitrogens with zero attached hydrogens (tertiary/aromatic N) is 3. The molecule has 1 fully saturated rings. The summed E-state index contributed by atoms with van der Waals surface area (Å²) in [5.74, 6) is 0.0143. The lowest BCUT2D eigenvalue weighted by molar-refractivity contribution is -0.138. The number of carbonyl (C=O) groups excluding carboxylic acids is 1. The van der Waals surface area contributed by atoms with Crippen LogP contribution in [-0.4, -0.2) is 61.6 Å². The molecule has 0 unspecified atom stereocenters. The summed E-state index contributed by atoms with van der Waals surface area (Å²) in [6.07, 6.45) is 1.15. The standard InChI is InChI=1S/C18H29N3O3S/c1-5-21(15(2)16-9-7-6-8-10-16)18(22)17-11-13-20(14-12-17)25(23,24)19(3)4/h6-10,15,17H,5,11-14H2,1-4H3/t15-/m1/s1. The SMILES string of the molecule is CCN(C(=O)C1CCN(S(=O)(=O)N(C)C)CC1)[C@H](C)c1ccccc1. The lowest BCUT2D eigenvalue weighted by atomic mass is 9.95. The molecule has 1 aliphatic rings. The second-order valence-corrected chi connectivity index (χ2v) is 8.82. The van der Waals surface area contributed by atoms with Gasteiger partial charge in [-0.25, -0.2) is 0 Å². The van der Waals surface area contributed by atoms with Gasteiger partial charge >= 0.3 is 0 Å². The predicted octanol–water partition coefficient (Wildman–Crippen LogP) is 2.11. The van der Waals surface area contributed by atoms with Crippen molar-refractivity contribution >= 4 is 16.1 Å². The van der Waals surface area contributed by atoms with Crippen LogP contribution in [0.3, 0.4) is 0 Å². The van der Waals surface area contributed by atoms with Crippen molar-refractivity contribution in [2.24, 2.45) is 5.92 Å². The number of carbonyl (C=O) groups is 1. The van der Waals surface area contributed by atoms with Crippen LogP contribution < -0.4 is 0 Å². The third-order valence-electron chi connectivity index (χ3n) is 4.96. The van der Waals surface area contributed by atoms with Crippen molar-refractivity contribution in [2.45, 2.75) is 32.7 Å². The van der Waals surface area contributed by atoms with Crippen molar-refractivity contribution in [2.75, 3.05) is 33.7 Å². The Morgan fingerprint density at radius 2 is 1.76 bits per heavy atom. The van der Waals surface area contributed by atoms with Crippen molar-refractivity contribution in [1.82, 2.24) is 13.5 Å². The molecule has 0 aliphatic carbocycles. The van der Waals surface area contributed by atoms with Crippen LogP contribution in [0.15, 0.2) is 30.3 Å². The second-order valence-electron chi connectivity index (χ2n) is 6.67. The summed E-state index contributed by atoms with van der Waals surface area (Å²) in [6.45, 7) is 5.47. The van der Waals surface area contributed by atoms with Crippen LogP contribution in [0.4, 0.5) is 0 Å². The maximum atomic E-state index is 13.0. The van der Waals surface area contributed by atoms with Crippen LogP contribution in [0, 0.1) is 5.92 Å². The molecule has 140 valence electrons. The first-order valence-electron chi connectivity index (χ1n) is 8.82. The third kappa shape index (κ3) is 4.40. The summed E-state index contributed by atoms with van der Waals surface area (Å²) < 4.78 is 27.1. The highest BCUT2D eigenvalue weighted by Crippen LogP contribution is 2.27. The van der Waals surface area contributed by atoms with Crippen LogP contribution in [0.1, 0.15) is 38.3 Å². The van der Waals surface area contributed by atoms with Gasteiger partial charge in [0.1, 0.15) is 0 Å². The average molecular weight is 368 g/mol. The van der Waals surface area contributed by atoms with E-state index in [0.29, 0.717) is 32.5 Å². The zero-order valence-electron chi connectivity index (χ0n) is 15.6. The van der Waals surface area contributed by atoms with Crippen LogP contribution in [0.5, 0.6) is 0 Å². The highest BCUT2D eigenvalue weighted by molar-refractivity contribution is 7.86. The van der Waals surface area contributed by atoms with E-state index in [1.807, 2.05) is 49.1 Å². The molecule has 6 nitrogen and oxygen atoms in total. The number of benzene rings is 1. The summed E-state index contributed by atoms with van der Waals surface area (Å²) in [7, 11) is -0.323. The lowest BCUT2D eigenvalue weighted by Gasteiger charge is -2.36. The molecule has 1 amide bonds. The largest absolute Gasteiger partial charge is 0.336 e. The first kappa shape index (κ1) is 19.9. The zero-order valence-corrected chi connectivity index (χ0v) is 16.4. The fourth-order valence-corrected chi connectivity index (χ4v) is 4.47. The van der Waals surface area contributed by atoms with Gasteiger partial charge in [0.15, 0.2) is 0 Å². The van der Waals surface area contributed by atoms with Crippen LogP contribution in [-0.2, 0) is 15.0 Å². The van der Waals surface area contributed by atoms with E-state index in [-0.39, 0.29) is 17.9 Å². The van der Waals surface area contributed by atoms with Crippen molar-refractivity contribution in [3.63, 3.8) is 0 Å². The van der Waals surface area contributed by atoms with Crippen molar-refractivity contribution in [3.8, 4) is 0 Å². The number of hydrogen-bond donors (Lipinski definition) is 0. The first-order chi connectivity index (χ1) is 11.8. The quantitative estimate of drug-likeness (QED) is 0.774. The Hall–Kier alpha value is -1.44. The molecular formula is C18H29N3O3S. The molecule has 1 heterocycles. The van der Waals surface area contributed by atoms with E-state index in [9.17, 15) is 13.2 Å². The lowest BCUT2D eigenvalue weighted by Crippen LogP contribution is -2.47. The minimum Gasteiger partial charge on any atom is -0.336 e. The van der Waals surface area contributed by atoms with E-state index in [4.69, 9.17) is 0 Å². The van der Waals surface area contributed by atoms with Crippen molar-refractivity contribution < 1.29 is 13.2 Å². The van der Waals surface area contributed by atoms with Gasteiger partial charge in [-0.2, -0.15) is 17.0 Å². The predicted molar refractivity (Wildman–Crippen MR) is 99.1 cm³/mol. The third-order valence-corrected chi connectivity index (χ3v) is 6.90. The Kier molecular flexibility index (Phi) is 6.59. The zero-order chi connectivity index (χ0) is 18.6. The van der Waals surface area contributed by atoms with Gasteiger partial charge < -0.3 is 4.90 Å². The van der Waals surface area contributed by atoms with Gasteiger partial charge in [-0.15, -0.1) is 0 Å². The van der Waals surface area contributed by atoms with E-state index in [2.05, 4.69) is 0 Å². The molecule has 7 heteroatoms. The topological polar surface area (TPSA) is 60.9 Å². The minimum atomic E-state index is -3.39. The van der Waals surface area contributed by atoms with Crippen LogP contribution in [0.25, 0.3) is 0 Å². The number of amides is 1. The minimum absolute atomic E-state index is 0.0160. The van der Waals surface area contributed by atoms with Gasteiger partial charge in [-0.05, 0) is 32.3 Å². The molecule has 0 N–H and O–H groups in total. The van der Waals surface area contributed by atoms with Crippen LogP contribution in [0.2, 0.25) is 0 Å². The summed E-state index contributed by atoms with van der Waals surface area (Å²) >= 11 is 0. The summed E-state index contributed by atoms with van der Waals surface area (Å²) in [5.41, 5.74) is 1.12. The van der Waals surface area contributed by atoms with Gasteiger partial charge in [-0.3, -0.25) is 4.79 Å². The molecular weight excluding hydrogens is 338 g/mol. The molecule has 0 radical (unpaired) electrons. The maximum Gasteiger partial charge on any atom is 0.281 e. The Balaban J connectivity index is 2.03. The fraction of sp³-hybridized carbons (Fsp3) is 0.611.